The average molecular weight is 180 g/mol. The molecule has 13 heavy (non-hydrogen) atoms. The first-order valence-corrected chi connectivity index (χ1v) is 3.67. The van der Waals surface area contributed by atoms with Crippen LogP contribution in [0.5, 0.6) is 0 Å². The fourth-order valence-corrected chi connectivity index (χ4v) is 0.935. The Hall–Kier alpha value is -1.61. The van der Waals surface area contributed by atoms with Crippen LogP contribution in [0.25, 0.3) is 6.08 Å². The van der Waals surface area contributed by atoms with Crippen molar-refractivity contribution in [2.75, 3.05) is 0 Å². The van der Waals surface area contributed by atoms with Gasteiger partial charge in [-0.2, -0.15) is 0 Å². The summed E-state index contributed by atoms with van der Waals surface area (Å²) in [6, 6.07) is 7.64. The van der Waals surface area contributed by atoms with Crippen molar-refractivity contribution in [3.8, 4) is 0 Å². The highest BCUT2D eigenvalue weighted by Crippen LogP contribution is 2.08. The fourth-order valence-electron chi connectivity index (χ4n) is 0.935. The number of carboxylic acid groups (broad SMARTS) is 1. The van der Waals surface area contributed by atoms with Gasteiger partial charge in [0.25, 0.3) is 0 Å². The molecule has 1 aromatic carbocycles. The molecule has 0 heterocycles. The van der Waals surface area contributed by atoms with Crippen LogP contribution in [0.3, 0.4) is 0 Å². The molecule has 0 bridgehead atoms. The highest BCUT2D eigenvalue weighted by molar-refractivity contribution is 5.85. The van der Waals surface area contributed by atoms with E-state index < -0.39 is 5.97 Å². The minimum Gasteiger partial charge on any atom is -0.478 e. The Kier molecular flexibility index (Phi) is 4.48. The lowest BCUT2D eigenvalue weighted by molar-refractivity contribution is -0.131. The van der Waals surface area contributed by atoms with Crippen molar-refractivity contribution in [1.29, 1.82) is 0 Å². The summed E-state index contributed by atoms with van der Waals surface area (Å²) in [5, 5.41) is 8.38. The molecule has 1 rings (SSSR count). The zero-order valence-corrected chi connectivity index (χ0v) is 7.82. The number of rotatable bonds is 2. The Morgan fingerprint density at radius 1 is 1.38 bits per heavy atom. The second-order valence-electron chi connectivity index (χ2n) is 2.53. The van der Waals surface area contributed by atoms with Gasteiger partial charge in [0, 0.05) is 6.08 Å². The molecule has 0 aliphatic rings. The summed E-state index contributed by atoms with van der Waals surface area (Å²) < 4.78 is 0. The van der Waals surface area contributed by atoms with Crippen molar-refractivity contribution in [2.45, 2.75) is 6.92 Å². The third kappa shape index (κ3) is 3.53. The predicted octanol–water partition coefficient (Wildman–Crippen LogP) is 2.47. The molecular weight excluding hydrogens is 166 g/mol. The highest BCUT2D eigenvalue weighted by atomic mass is 16.4. The molecule has 0 spiro atoms. The topological polar surface area (TPSA) is 73.8 Å². The van der Waals surface area contributed by atoms with Gasteiger partial charge >= 0.3 is 5.97 Å². The van der Waals surface area contributed by atoms with Crippen LogP contribution in [0.4, 0.5) is 0 Å². The van der Waals surface area contributed by atoms with Gasteiger partial charge in [-0.3, -0.25) is 0 Å². The highest BCUT2D eigenvalue weighted by Gasteiger charge is 1.91. The standard InChI is InChI=1S/C10H10O2.H3N/c1-8-4-2-3-5-9(8)6-7-10(11)12;/h2-7H,1H3,(H,11,12);1H3/p+1/b7-6+;. The molecular formula is C10H14NO2+. The van der Waals surface area contributed by atoms with E-state index in [0.717, 1.165) is 17.2 Å². The molecule has 0 aromatic heterocycles. The Morgan fingerprint density at radius 2 is 2.00 bits per heavy atom. The molecule has 1 aromatic rings. The molecule has 0 fully saturated rings. The number of carboxylic acids is 1. The van der Waals surface area contributed by atoms with E-state index in [1.165, 1.54) is 0 Å². The van der Waals surface area contributed by atoms with Crippen molar-refractivity contribution >= 4 is 12.0 Å². The van der Waals surface area contributed by atoms with E-state index in [4.69, 9.17) is 5.11 Å². The SMILES string of the molecule is Cc1ccccc1/C=C/C(=O)O.[NH4+]. The minimum atomic E-state index is -0.918. The molecule has 0 atom stereocenters. The normalized spacial score (nSPS) is 9.62. The van der Waals surface area contributed by atoms with Gasteiger partial charge in [-0.15, -0.1) is 0 Å². The number of hydrogen-bond donors (Lipinski definition) is 2. The maximum atomic E-state index is 10.2. The van der Waals surface area contributed by atoms with Crippen LogP contribution in [0, 0.1) is 6.92 Å². The largest absolute Gasteiger partial charge is 0.478 e. The maximum absolute atomic E-state index is 10.2. The number of aryl methyl sites for hydroxylation is 1. The van der Waals surface area contributed by atoms with Gasteiger partial charge in [0.15, 0.2) is 0 Å². The van der Waals surface area contributed by atoms with Crippen molar-refractivity contribution in [3.63, 3.8) is 0 Å². The smallest absolute Gasteiger partial charge is 0.328 e. The second-order valence-corrected chi connectivity index (χ2v) is 2.53. The van der Waals surface area contributed by atoms with Gasteiger partial charge < -0.3 is 11.3 Å². The summed E-state index contributed by atoms with van der Waals surface area (Å²) in [5.74, 6) is -0.918. The van der Waals surface area contributed by atoms with Crippen LogP contribution in [0.1, 0.15) is 11.1 Å². The molecule has 0 aliphatic carbocycles. The molecule has 0 saturated carbocycles. The van der Waals surface area contributed by atoms with Crippen molar-refractivity contribution < 1.29 is 9.90 Å². The number of hydrogen-bond acceptors (Lipinski definition) is 1. The summed E-state index contributed by atoms with van der Waals surface area (Å²) in [6.45, 7) is 1.95. The summed E-state index contributed by atoms with van der Waals surface area (Å²) >= 11 is 0. The fraction of sp³-hybridized carbons (Fsp3) is 0.100. The van der Waals surface area contributed by atoms with E-state index in [-0.39, 0.29) is 6.15 Å². The first-order chi connectivity index (χ1) is 5.70. The van der Waals surface area contributed by atoms with E-state index in [1.807, 2.05) is 31.2 Å². The molecule has 0 amide bonds. The number of benzene rings is 1. The van der Waals surface area contributed by atoms with Gasteiger partial charge in [-0.05, 0) is 24.1 Å². The lowest BCUT2D eigenvalue weighted by Gasteiger charge is -1.96. The van der Waals surface area contributed by atoms with Gasteiger partial charge in [0.1, 0.15) is 0 Å². The van der Waals surface area contributed by atoms with Gasteiger partial charge in [-0.1, -0.05) is 24.3 Å². The molecule has 0 radical (unpaired) electrons. The Labute approximate surface area is 77.3 Å². The van der Waals surface area contributed by atoms with E-state index in [0.29, 0.717) is 0 Å². The lowest BCUT2D eigenvalue weighted by atomic mass is 10.1. The summed E-state index contributed by atoms with van der Waals surface area (Å²) in [6.07, 6.45) is 2.74. The van der Waals surface area contributed by atoms with Crippen LogP contribution in [0.15, 0.2) is 30.3 Å². The van der Waals surface area contributed by atoms with Crippen LogP contribution in [-0.4, -0.2) is 11.1 Å². The van der Waals surface area contributed by atoms with Crippen molar-refractivity contribution in [2.24, 2.45) is 0 Å². The molecule has 0 unspecified atom stereocenters. The Morgan fingerprint density at radius 3 is 2.54 bits per heavy atom. The van der Waals surface area contributed by atoms with E-state index in [2.05, 4.69) is 0 Å². The summed E-state index contributed by atoms with van der Waals surface area (Å²) in [4.78, 5) is 10.2. The first-order valence-electron chi connectivity index (χ1n) is 3.67. The zero-order valence-electron chi connectivity index (χ0n) is 7.82. The molecule has 70 valence electrons. The number of aliphatic carboxylic acids is 1. The van der Waals surface area contributed by atoms with Gasteiger partial charge in [0.2, 0.25) is 0 Å². The summed E-state index contributed by atoms with van der Waals surface area (Å²) in [7, 11) is 0. The van der Waals surface area contributed by atoms with Crippen LogP contribution in [0.2, 0.25) is 0 Å². The molecule has 3 nitrogen and oxygen atoms in total. The van der Waals surface area contributed by atoms with Crippen molar-refractivity contribution in [3.05, 3.63) is 41.5 Å². The van der Waals surface area contributed by atoms with Gasteiger partial charge in [0.05, 0.1) is 0 Å². The Bertz CT molecular complexity index is 318. The predicted molar refractivity (Wildman–Crippen MR) is 53.8 cm³/mol. The molecule has 0 aliphatic heterocycles. The molecule has 5 N–H and O–H groups in total. The maximum Gasteiger partial charge on any atom is 0.328 e. The van der Waals surface area contributed by atoms with E-state index in [9.17, 15) is 4.79 Å². The first kappa shape index (κ1) is 11.4. The van der Waals surface area contributed by atoms with Crippen LogP contribution >= 0.6 is 0 Å². The minimum absolute atomic E-state index is 0. The van der Waals surface area contributed by atoms with Crippen molar-refractivity contribution in [1.82, 2.24) is 6.15 Å². The summed E-state index contributed by atoms with van der Waals surface area (Å²) in [5.41, 5.74) is 2.02. The van der Waals surface area contributed by atoms with E-state index >= 15 is 0 Å². The molecule has 3 heteroatoms. The average Bonchev–Trinajstić information content (AvgIpc) is 2.03. The van der Waals surface area contributed by atoms with Crippen LogP contribution < -0.4 is 6.15 Å². The van der Waals surface area contributed by atoms with Crippen LogP contribution in [-0.2, 0) is 4.79 Å². The number of carbonyl (C=O) groups is 1. The zero-order chi connectivity index (χ0) is 8.97. The van der Waals surface area contributed by atoms with Gasteiger partial charge in [-0.25, -0.2) is 4.79 Å². The Balaban J connectivity index is 0.00000144. The molecule has 0 saturated heterocycles. The quantitative estimate of drug-likeness (QED) is 0.686. The second kappa shape index (κ2) is 5.11. The monoisotopic (exact) mass is 180 g/mol. The van der Waals surface area contributed by atoms with E-state index in [1.54, 1.807) is 6.08 Å². The lowest BCUT2D eigenvalue weighted by Crippen LogP contribution is -1.86. The number of quaternary nitrogens is 1. The third-order valence-electron chi connectivity index (χ3n) is 1.59. The third-order valence-corrected chi connectivity index (χ3v) is 1.59.